The standard InChI is InChI=1S/C15H8Br2INO/c16-8-4-5-12(18)9(6-8)15(20)10-7-19-13-3-1-2-11(17)14(10)13/h1-7,19H. The highest BCUT2D eigenvalue weighted by atomic mass is 127. The Kier molecular flexibility index (Phi) is 4.01. The van der Waals surface area contributed by atoms with Gasteiger partial charge >= 0.3 is 0 Å². The molecule has 100 valence electrons. The predicted molar refractivity (Wildman–Crippen MR) is 96.3 cm³/mol. The molecule has 5 heteroatoms. The highest BCUT2D eigenvalue weighted by Crippen LogP contribution is 2.30. The molecular weight excluding hydrogens is 497 g/mol. The van der Waals surface area contributed by atoms with Crippen LogP contribution < -0.4 is 0 Å². The Balaban J connectivity index is 2.21. The maximum atomic E-state index is 12.8. The normalized spacial score (nSPS) is 10.9. The molecule has 0 aliphatic heterocycles. The Morgan fingerprint density at radius 1 is 1.10 bits per heavy atom. The van der Waals surface area contributed by atoms with Crippen molar-refractivity contribution in [2.45, 2.75) is 0 Å². The van der Waals surface area contributed by atoms with Crippen LogP contribution >= 0.6 is 54.5 Å². The number of fused-ring (bicyclic) bond motifs is 1. The number of carbonyl (C=O) groups excluding carboxylic acids is 1. The zero-order valence-electron chi connectivity index (χ0n) is 10.1. The van der Waals surface area contributed by atoms with Gasteiger partial charge < -0.3 is 4.98 Å². The molecule has 0 unspecified atom stereocenters. The lowest BCUT2D eigenvalue weighted by Gasteiger charge is -2.04. The first kappa shape index (κ1) is 14.3. The van der Waals surface area contributed by atoms with Gasteiger partial charge in [0.05, 0.1) is 0 Å². The number of hydrogen-bond donors (Lipinski definition) is 1. The van der Waals surface area contributed by atoms with Crippen molar-refractivity contribution in [1.82, 2.24) is 4.98 Å². The van der Waals surface area contributed by atoms with Gasteiger partial charge in [-0.15, -0.1) is 0 Å². The van der Waals surface area contributed by atoms with Crippen LogP contribution in [0.2, 0.25) is 0 Å². The second-order valence-corrected chi connectivity index (χ2v) is 7.25. The van der Waals surface area contributed by atoms with Crippen LogP contribution in [0.5, 0.6) is 0 Å². The number of halogens is 3. The van der Waals surface area contributed by atoms with Gasteiger partial charge in [0.1, 0.15) is 0 Å². The third-order valence-corrected chi connectivity index (χ3v) is 5.17. The summed E-state index contributed by atoms with van der Waals surface area (Å²) in [7, 11) is 0. The lowest BCUT2D eigenvalue weighted by atomic mass is 10.0. The van der Waals surface area contributed by atoms with Crippen molar-refractivity contribution in [3.05, 3.63) is 66.2 Å². The molecule has 1 aromatic heterocycles. The smallest absolute Gasteiger partial charge is 0.196 e. The van der Waals surface area contributed by atoms with Crippen molar-refractivity contribution in [3.63, 3.8) is 0 Å². The second kappa shape index (κ2) is 5.61. The Morgan fingerprint density at radius 3 is 2.70 bits per heavy atom. The minimum Gasteiger partial charge on any atom is -0.360 e. The number of rotatable bonds is 2. The molecule has 2 nitrogen and oxygen atoms in total. The molecular formula is C15H8Br2INO. The molecule has 1 heterocycles. The summed E-state index contributed by atoms with van der Waals surface area (Å²) in [5.41, 5.74) is 2.34. The minimum atomic E-state index is 0.0221. The van der Waals surface area contributed by atoms with Crippen LogP contribution in [-0.4, -0.2) is 10.8 Å². The molecule has 0 spiro atoms. The SMILES string of the molecule is O=C(c1cc(Br)ccc1I)c1c[nH]c2cccc(Br)c12. The number of aromatic amines is 1. The van der Waals surface area contributed by atoms with Crippen LogP contribution in [0.1, 0.15) is 15.9 Å². The number of nitrogens with one attached hydrogen (secondary N) is 1. The highest BCUT2D eigenvalue weighted by Gasteiger charge is 2.18. The summed E-state index contributed by atoms with van der Waals surface area (Å²) in [6.07, 6.45) is 1.77. The zero-order chi connectivity index (χ0) is 14.3. The van der Waals surface area contributed by atoms with E-state index in [0.29, 0.717) is 11.1 Å². The first-order chi connectivity index (χ1) is 9.58. The van der Waals surface area contributed by atoms with E-state index in [2.05, 4.69) is 59.4 Å². The average Bonchev–Trinajstić information content (AvgIpc) is 2.86. The molecule has 2 aromatic carbocycles. The quantitative estimate of drug-likeness (QED) is 0.361. The van der Waals surface area contributed by atoms with Crippen LogP contribution in [-0.2, 0) is 0 Å². The Bertz CT molecular complexity index is 826. The number of hydrogen-bond acceptors (Lipinski definition) is 1. The van der Waals surface area contributed by atoms with E-state index in [-0.39, 0.29) is 5.78 Å². The van der Waals surface area contributed by atoms with Crippen molar-refractivity contribution >= 4 is 71.1 Å². The molecule has 3 aromatic rings. The lowest BCUT2D eigenvalue weighted by Crippen LogP contribution is -2.03. The highest BCUT2D eigenvalue weighted by molar-refractivity contribution is 14.1. The summed E-state index contributed by atoms with van der Waals surface area (Å²) in [5.74, 6) is 0.0221. The van der Waals surface area contributed by atoms with Gasteiger partial charge in [-0.2, -0.15) is 0 Å². The Labute approximate surface area is 146 Å². The molecule has 1 N–H and O–H groups in total. The molecule has 0 bridgehead atoms. The molecule has 0 aliphatic rings. The van der Waals surface area contributed by atoms with Crippen LogP contribution in [0.15, 0.2) is 51.5 Å². The summed E-state index contributed by atoms with van der Waals surface area (Å²) >= 11 is 9.12. The summed E-state index contributed by atoms with van der Waals surface area (Å²) < 4.78 is 2.77. The second-order valence-electron chi connectivity index (χ2n) is 4.32. The third-order valence-electron chi connectivity index (χ3n) is 3.07. The van der Waals surface area contributed by atoms with Gasteiger partial charge in [0, 0.05) is 40.7 Å². The third kappa shape index (κ3) is 2.46. The Morgan fingerprint density at radius 2 is 1.90 bits per heavy atom. The monoisotopic (exact) mass is 503 g/mol. The summed E-state index contributed by atoms with van der Waals surface area (Å²) in [6, 6.07) is 11.6. The first-order valence-corrected chi connectivity index (χ1v) is 8.50. The van der Waals surface area contributed by atoms with Gasteiger partial charge in [-0.25, -0.2) is 0 Å². The fourth-order valence-corrected chi connectivity index (χ4v) is 3.66. The van der Waals surface area contributed by atoms with Gasteiger partial charge in [0.25, 0.3) is 0 Å². The zero-order valence-corrected chi connectivity index (χ0v) is 15.4. The largest absolute Gasteiger partial charge is 0.360 e. The van der Waals surface area contributed by atoms with Crippen LogP contribution in [0.3, 0.4) is 0 Å². The summed E-state index contributed by atoms with van der Waals surface area (Å²) in [4.78, 5) is 15.9. The van der Waals surface area contributed by atoms with Gasteiger partial charge in [-0.1, -0.05) is 37.9 Å². The molecule has 20 heavy (non-hydrogen) atoms. The van der Waals surface area contributed by atoms with Crippen molar-refractivity contribution in [1.29, 1.82) is 0 Å². The number of aromatic nitrogens is 1. The molecule has 0 radical (unpaired) electrons. The van der Waals surface area contributed by atoms with Gasteiger partial charge in [0.15, 0.2) is 5.78 Å². The van der Waals surface area contributed by atoms with Gasteiger partial charge in [-0.05, 0) is 52.9 Å². The number of H-pyrrole nitrogens is 1. The molecule has 0 saturated carbocycles. The fraction of sp³-hybridized carbons (Fsp3) is 0. The molecule has 0 fully saturated rings. The molecule has 3 rings (SSSR count). The maximum Gasteiger partial charge on any atom is 0.196 e. The fourth-order valence-electron chi connectivity index (χ4n) is 2.14. The van der Waals surface area contributed by atoms with Crippen molar-refractivity contribution < 1.29 is 4.79 Å². The molecule has 0 saturated heterocycles. The molecule has 0 amide bonds. The van der Waals surface area contributed by atoms with Gasteiger partial charge in [-0.3, -0.25) is 4.79 Å². The van der Waals surface area contributed by atoms with Crippen LogP contribution in [0, 0.1) is 3.57 Å². The maximum absolute atomic E-state index is 12.8. The van der Waals surface area contributed by atoms with E-state index in [4.69, 9.17) is 0 Å². The summed E-state index contributed by atoms with van der Waals surface area (Å²) in [5, 5.41) is 0.924. The first-order valence-electron chi connectivity index (χ1n) is 5.83. The number of carbonyl (C=O) groups is 1. The van der Waals surface area contributed by atoms with Crippen LogP contribution in [0.4, 0.5) is 0 Å². The topological polar surface area (TPSA) is 32.9 Å². The number of benzene rings is 2. The van der Waals surface area contributed by atoms with Crippen LogP contribution in [0.25, 0.3) is 10.9 Å². The number of ketones is 1. The van der Waals surface area contributed by atoms with E-state index in [1.165, 1.54) is 0 Å². The van der Waals surface area contributed by atoms with Crippen molar-refractivity contribution in [3.8, 4) is 0 Å². The predicted octanol–water partition coefficient (Wildman–Crippen LogP) is 5.53. The minimum absolute atomic E-state index is 0.0221. The Hall–Kier alpha value is -0.660. The lowest BCUT2D eigenvalue weighted by molar-refractivity contribution is 0.103. The average molecular weight is 505 g/mol. The summed E-state index contributed by atoms with van der Waals surface area (Å²) in [6.45, 7) is 0. The van der Waals surface area contributed by atoms with Gasteiger partial charge in [0.2, 0.25) is 0 Å². The molecule has 0 aliphatic carbocycles. The van der Waals surface area contributed by atoms with E-state index in [1.54, 1.807) is 6.20 Å². The van der Waals surface area contributed by atoms with Crippen molar-refractivity contribution in [2.24, 2.45) is 0 Å². The van der Waals surface area contributed by atoms with E-state index in [9.17, 15) is 4.79 Å². The van der Waals surface area contributed by atoms with Crippen molar-refractivity contribution in [2.75, 3.05) is 0 Å². The van der Waals surface area contributed by atoms with E-state index in [1.807, 2.05) is 36.4 Å². The van der Waals surface area contributed by atoms with E-state index < -0.39 is 0 Å². The van der Waals surface area contributed by atoms with E-state index in [0.717, 1.165) is 23.4 Å². The molecule has 0 atom stereocenters. The van der Waals surface area contributed by atoms with E-state index >= 15 is 0 Å².